The second-order valence-corrected chi connectivity index (χ2v) is 12.9. The molecule has 2 N–H and O–H groups in total. The van der Waals surface area contributed by atoms with Crippen molar-refractivity contribution in [1.29, 1.82) is 0 Å². The second-order valence-electron chi connectivity index (χ2n) is 10.4. The van der Waals surface area contributed by atoms with Gasteiger partial charge in [-0.1, -0.05) is 48.9 Å². The number of aryl methyl sites for hydroxylation is 1. The van der Waals surface area contributed by atoms with Gasteiger partial charge in [0.15, 0.2) is 0 Å². The quantitative estimate of drug-likeness (QED) is 0.253. The Morgan fingerprint density at radius 3 is 2.33 bits per heavy atom. The van der Waals surface area contributed by atoms with E-state index in [0.29, 0.717) is 59.3 Å². The number of hydrogen-bond donors (Lipinski definition) is 2. The van der Waals surface area contributed by atoms with Crippen molar-refractivity contribution in [3.63, 3.8) is 0 Å². The van der Waals surface area contributed by atoms with Crippen LogP contribution in [-0.4, -0.2) is 69.0 Å². The van der Waals surface area contributed by atoms with Crippen molar-refractivity contribution >= 4 is 56.3 Å². The Morgan fingerprint density at radius 2 is 1.71 bits per heavy atom. The number of aliphatic imine (C=N–C) groups is 1. The summed E-state index contributed by atoms with van der Waals surface area (Å²) in [5, 5.41) is 12.4. The minimum atomic E-state index is -3.50. The Kier molecular flexibility index (Phi) is 10.0. The molecule has 0 spiro atoms. The van der Waals surface area contributed by atoms with Crippen LogP contribution in [0.3, 0.4) is 0 Å². The molecule has 1 aliphatic rings. The molecule has 0 fully saturated rings. The maximum Gasteiger partial charge on any atom is 0.303 e. The molecule has 9 nitrogen and oxygen atoms in total. The number of sulfonamides is 1. The molecule has 1 heterocycles. The molecular formula is C31H35ClN4O5S. The lowest BCUT2D eigenvalue weighted by molar-refractivity contribution is -0.137. The number of likely N-dealkylation sites (N-methyl/N-ethyl adjacent to an activating group) is 1. The van der Waals surface area contributed by atoms with Gasteiger partial charge in [-0.3, -0.25) is 18.9 Å². The lowest BCUT2D eigenvalue weighted by Gasteiger charge is -2.26. The highest BCUT2D eigenvalue weighted by molar-refractivity contribution is 7.92. The molecule has 1 amide bonds. The van der Waals surface area contributed by atoms with Gasteiger partial charge >= 0.3 is 5.97 Å². The number of nitrogens with zero attached hydrogens (tertiary/aromatic N) is 3. The number of aliphatic carboxylic acids is 1. The number of anilines is 2. The molecule has 3 aromatic rings. The third-order valence-electron chi connectivity index (χ3n) is 6.93. The Balaban J connectivity index is 1.74. The van der Waals surface area contributed by atoms with Gasteiger partial charge in [-0.2, -0.15) is 0 Å². The van der Waals surface area contributed by atoms with Gasteiger partial charge in [-0.25, -0.2) is 8.42 Å². The number of carboxylic acid groups (broad SMARTS) is 1. The number of benzene rings is 3. The van der Waals surface area contributed by atoms with Crippen molar-refractivity contribution in [2.75, 3.05) is 42.6 Å². The van der Waals surface area contributed by atoms with Crippen LogP contribution in [0.2, 0.25) is 5.02 Å². The van der Waals surface area contributed by atoms with Crippen molar-refractivity contribution in [2.24, 2.45) is 4.99 Å². The molecule has 1 aliphatic heterocycles. The van der Waals surface area contributed by atoms with Gasteiger partial charge in [0.05, 0.1) is 22.8 Å². The van der Waals surface area contributed by atoms with Gasteiger partial charge in [-0.05, 0) is 80.0 Å². The number of amides is 1. The molecule has 4 rings (SSSR count). The Hall–Kier alpha value is -3.73. The summed E-state index contributed by atoms with van der Waals surface area (Å²) in [5.41, 5.74) is 4.55. The highest BCUT2D eigenvalue weighted by Gasteiger charge is 2.35. The Labute approximate surface area is 251 Å². The molecule has 1 unspecified atom stereocenters. The van der Waals surface area contributed by atoms with Gasteiger partial charge in [0, 0.05) is 30.2 Å². The van der Waals surface area contributed by atoms with Crippen LogP contribution >= 0.6 is 11.6 Å². The summed E-state index contributed by atoms with van der Waals surface area (Å²) in [6, 6.07) is 19.6. The number of fused-ring (bicyclic) bond motifs is 1. The first kappa shape index (κ1) is 31.2. The zero-order chi connectivity index (χ0) is 30.4. The fraction of sp³-hybridized carbons (Fsp3) is 0.323. The van der Waals surface area contributed by atoms with Crippen LogP contribution < -0.4 is 9.62 Å². The van der Waals surface area contributed by atoms with Gasteiger partial charge in [0.25, 0.3) is 0 Å². The van der Waals surface area contributed by atoms with Gasteiger partial charge < -0.3 is 15.3 Å². The molecule has 11 heteroatoms. The zero-order valence-corrected chi connectivity index (χ0v) is 25.5. The molecule has 0 bridgehead atoms. The number of rotatable bonds is 13. The fourth-order valence-corrected chi connectivity index (χ4v) is 6.53. The van der Waals surface area contributed by atoms with Crippen LogP contribution in [0, 0.1) is 0 Å². The van der Waals surface area contributed by atoms with E-state index in [0.717, 1.165) is 11.1 Å². The average Bonchev–Trinajstić information content (AvgIpc) is 3.25. The highest BCUT2D eigenvalue weighted by atomic mass is 35.5. The SMILES string of the molecule is CCCS(=O)(=O)N(CCN(C)C)c1ccc(N=C(c2ccc(CCC(=O)O)cc2)C2C(=O)Nc3cc(Cl)ccc32)cc1. The van der Waals surface area contributed by atoms with Crippen molar-refractivity contribution in [3.05, 3.63) is 88.4 Å². The van der Waals surface area contributed by atoms with E-state index in [2.05, 4.69) is 5.32 Å². The smallest absolute Gasteiger partial charge is 0.303 e. The maximum atomic E-state index is 13.3. The topological polar surface area (TPSA) is 119 Å². The molecule has 0 saturated carbocycles. The monoisotopic (exact) mass is 610 g/mol. The predicted octanol–water partition coefficient (Wildman–Crippen LogP) is 5.32. The number of nitrogens with one attached hydrogen (secondary N) is 1. The minimum Gasteiger partial charge on any atom is -0.481 e. The molecular weight excluding hydrogens is 576 g/mol. The highest BCUT2D eigenvalue weighted by Crippen LogP contribution is 2.38. The van der Waals surface area contributed by atoms with Crippen molar-refractivity contribution in [3.8, 4) is 0 Å². The van der Waals surface area contributed by atoms with Crippen LogP contribution in [0.1, 0.15) is 42.4 Å². The summed E-state index contributed by atoms with van der Waals surface area (Å²) in [7, 11) is 0.292. The van der Waals surface area contributed by atoms with E-state index in [-0.39, 0.29) is 18.1 Å². The molecule has 0 saturated heterocycles. The normalized spacial score (nSPS) is 15.0. The molecule has 0 radical (unpaired) electrons. The van der Waals surface area contributed by atoms with E-state index in [1.807, 2.05) is 50.2 Å². The number of carboxylic acids is 1. The van der Waals surface area contributed by atoms with Crippen LogP contribution in [-0.2, 0) is 26.0 Å². The third-order valence-corrected chi connectivity index (χ3v) is 9.16. The van der Waals surface area contributed by atoms with Crippen molar-refractivity contribution in [2.45, 2.75) is 32.1 Å². The first-order valence-electron chi connectivity index (χ1n) is 13.7. The lowest BCUT2D eigenvalue weighted by Crippen LogP contribution is -2.38. The fourth-order valence-electron chi connectivity index (χ4n) is 4.82. The number of carbonyl (C=O) groups excluding carboxylic acids is 1. The van der Waals surface area contributed by atoms with E-state index in [1.54, 1.807) is 42.5 Å². The van der Waals surface area contributed by atoms with Crippen LogP contribution in [0.5, 0.6) is 0 Å². The molecule has 3 aromatic carbocycles. The minimum absolute atomic E-state index is 0.0192. The third kappa shape index (κ3) is 7.56. The lowest BCUT2D eigenvalue weighted by atomic mass is 9.90. The van der Waals surface area contributed by atoms with E-state index < -0.39 is 21.9 Å². The van der Waals surface area contributed by atoms with Crippen molar-refractivity contribution in [1.82, 2.24) is 4.90 Å². The standard InChI is InChI=1S/C31H35ClN4O5S/c1-4-19-42(40,41)36(18-17-35(2)3)25-13-11-24(12-14-25)33-30(22-8-5-21(6-9-22)7-16-28(37)38)29-26-15-10-23(32)20-27(26)34-31(29)39/h5-6,8-15,20,29H,4,7,16-19H2,1-3H3,(H,34,39)(H,37,38). The summed E-state index contributed by atoms with van der Waals surface area (Å²) >= 11 is 6.17. The summed E-state index contributed by atoms with van der Waals surface area (Å²) in [6.07, 6.45) is 0.920. The predicted molar refractivity (Wildman–Crippen MR) is 168 cm³/mol. The van der Waals surface area contributed by atoms with Gasteiger partial charge in [0.1, 0.15) is 5.92 Å². The summed E-state index contributed by atoms with van der Waals surface area (Å²) in [4.78, 5) is 31.1. The van der Waals surface area contributed by atoms with Crippen LogP contribution in [0.25, 0.3) is 0 Å². The van der Waals surface area contributed by atoms with E-state index in [1.165, 1.54) is 4.31 Å². The Morgan fingerprint density at radius 1 is 1.02 bits per heavy atom. The van der Waals surface area contributed by atoms with E-state index in [4.69, 9.17) is 21.7 Å². The van der Waals surface area contributed by atoms with Gasteiger partial charge in [-0.15, -0.1) is 0 Å². The van der Waals surface area contributed by atoms with Gasteiger partial charge in [0.2, 0.25) is 15.9 Å². The molecule has 0 aliphatic carbocycles. The number of carbonyl (C=O) groups is 2. The maximum absolute atomic E-state index is 13.3. The van der Waals surface area contributed by atoms with Crippen LogP contribution in [0.15, 0.2) is 71.7 Å². The largest absolute Gasteiger partial charge is 0.481 e. The first-order chi connectivity index (χ1) is 20.0. The van der Waals surface area contributed by atoms with Crippen molar-refractivity contribution < 1.29 is 23.1 Å². The molecule has 0 aromatic heterocycles. The van der Waals surface area contributed by atoms with E-state index in [9.17, 15) is 18.0 Å². The molecule has 222 valence electrons. The summed E-state index contributed by atoms with van der Waals surface area (Å²) in [6.45, 7) is 2.72. The zero-order valence-electron chi connectivity index (χ0n) is 23.9. The molecule has 1 atom stereocenters. The van der Waals surface area contributed by atoms with E-state index >= 15 is 0 Å². The second kappa shape index (κ2) is 13.5. The number of hydrogen-bond acceptors (Lipinski definition) is 6. The molecule has 42 heavy (non-hydrogen) atoms. The number of halogens is 1. The summed E-state index contributed by atoms with van der Waals surface area (Å²) in [5.74, 6) is -1.76. The van der Waals surface area contributed by atoms with Crippen LogP contribution in [0.4, 0.5) is 17.1 Å². The average molecular weight is 611 g/mol. The summed E-state index contributed by atoms with van der Waals surface area (Å²) < 4.78 is 27.5. The Bertz CT molecular complexity index is 1570. The first-order valence-corrected chi connectivity index (χ1v) is 15.7.